The third-order valence-corrected chi connectivity index (χ3v) is 2.23. The van der Waals surface area contributed by atoms with E-state index in [4.69, 9.17) is 9.47 Å². The Balaban J connectivity index is 2.36. The second-order valence-electron chi connectivity index (χ2n) is 3.14. The Morgan fingerprint density at radius 3 is 2.77 bits per heavy atom. The molecule has 0 N–H and O–H groups in total. The first-order valence-electron chi connectivity index (χ1n) is 4.71. The number of carbonyl (C=O) groups excluding carboxylic acids is 1. The van der Waals surface area contributed by atoms with Gasteiger partial charge in [0.1, 0.15) is 12.2 Å². The van der Waals surface area contributed by atoms with E-state index in [1.807, 2.05) is 6.92 Å². The molecule has 3 heteroatoms. The topological polar surface area (TPSA) is 38.8 Å². The fraction of sp³-hybridized carbons (Fsp3) is 0.700. The molecular weight excluding hydrogens is 168 g/mol. The zero-order chi connectivity index (χ0) is 9.84. The van der Waals surface area contributed by atoms with E-state index in [2.05, 4.69) is 13.5 Å². The van der Waals surface area contributed by atoms with Gasteiger partial charge >= 0.3 is 5.97 Å². The minimum Gasteiger partial charge on any atom is -0.456 e. The number of ether oxygens (including phenoxy) is 2. The third-order valence-electron chi connectivity index (χ3n) is 2.23. The van der Waals surface area contributed by atoms with E-state index in [9.17, 15) is 4.79 Å². The Bertz CT molecular complexity index is 200. The average Bonchev–Trinajstić information content (AvgIpc) is 2.92. The molecule has 1 aliphatic rings. The van der Waals surface area contributed by atoms with E-state index < -0.39 is 0 Å². The predicted octanol–water partition coefficient (Wildman–Crippen LogP) is 1.67. The highest BCUT2D eigenvalue weighted by molar-refractivity contribution is 5.81. The maximum Gasteiger partial charge on any atom is 0.330 e. The van der Waals surface area contributed by atoms with Crippen molar-refractivity contribution in [1.29, 1.82) is 0 Å². The molecule has 13 heavy (non-hydrogen) atoms. The Morgan fingerprint density at radius 2 is 2.38 bits per heavy atom. The lowest BCUT2D eigenvalue weighted by Crippen LogP contribution is -2.23. The van der Waals surface area contributed by atoms with Gasteiger partial charge in [-0.2, -0.15) is 0 Å². The van der Waals surface area contributed by atoms with E-state index in [1.54, 1.807) is 0 Å². The smallest absolute Gasteiger partial charge is 0.330 e. The van der Waals surface area contributed by atoms with Gasteiger partial charge in [-0.15, -0.1) is 0 Å². The summed E-state index contributed by atoms with van der Waals surface area (Å²) in [5, 5.41) is 0. The van der Waals surface area contributed by atoms with Crippen molar-refractivity contribution in [2.75, 3.05) is 0 Å². The molecule has 0 saturated carbocycles. The Morgan fingerprint density at radius 1 is 1.69 bits per heavy atom. The van der Waals surface area contributed by atoms with Crippen LogP contribution < -0.4 is 0 Å². The molecule has 3 unspecified atom stereocenters. The van der Waals surface area contributed by atoms with Crippen molar-refractivity contribution in [3.63, 3.8) is 0 Å². The third kappa shape index (κ3) is 2.56. The highest BCUT2D eigenvalue weighted by atomic mass is 16.6. The number of carbonyl (C=O) groups is 1. The molecule has 0 aromatic carbocycles. The summed E-state index contributed by atoms with van der Waals surface area (Å²) < 4.78 is 10.5. The van der Waals surface area contributed by atoms with Crippen LogP contribution in [-0.2, 0) is 14.3 Å². The SMILES string of the molecule is C=CC(=O)OC(CC)C1OC1CC. The lowest BCUT2D eigenvalue weighted by atomic mass is 10.1. The van der Waals surface area contributed by atoms with Gasteiger partial charge in [-0.3, -0.25) is 0 Å². The van der Waals surface area contributed by atoms with Crippen molar-refractivity contribution >= 4 is 5.97 Å². The maximum absolute atomic E-state index is 10.9. The number of hydrogen-bond acceptors (Lipinski definition) is 3. The standard InChI is InChI=1S/C10H16O3/c1-4-7(12-9(11)6-3)10-8(5-2)13-10/h6-8,10H,3-5H2,1-2H3. The van der Waals surface area contributed by atoms with Crippen molar-refractivity contribution in [3.05, 3.63) is 12.7 Å². The van der Waals surface area contributed by atoms with Crippen LogP contribution in [0.5, 0.6) is 0 Å². The van der Waals surface area contributed by atoms with Crippen molar-refractivity contribution < 1.29 is 14.3 Å². The summed E-state index contributed by atoms with van der Waals surface area (Å²) in [7, 11) is 0. The van der Waals surface area contributed by atoms with Crippen LogP contribution in [0.2, 0.25) is 0 Å². The van der Waals surface area contributed by atoms with Crippen molar-refractivity contribution in [2.24, 2.45) is 0 Å². The molecule has 1 aliphatic heterocycles. The van der Waals surface area contributed by atoms with Crippen LogP contribution in [0.1, 0.15) is 26.7 Å². The van der Waals surface area contributed by atoms with E-state index in [0.717, 1.165) is 12.8 Å². The van der Waals surface area contributed by atoms with Crippen LogP contribution in [0.15, 0.2) is 12.7 Å². The molecule has 1 rings (SSSR count). The number of rotatable bonds is 5. The summed E-state index contributed by atoms with van der Waals surface area (Å²) in [6.07, 6.45) is 3.25. The number of hydrogen-bond donors (Lipinski definition) is 0. The highest BCUT2D eigenvalue weighted by Gasteiger charge is 2.44. The van der Waals surface area contributed by atoms with Gasteiger partial charge in [0, 0.05) is 6.08 Å². The van der Waals surface area contributed by atoms with Gasteiger partial charge in [-0.1, -0.05) is 20.4 Å². The second kappa shape index (κ2) is 4.42. The molecule has 1 fully saturated rings. The minimum absolute atomic E-state index is 0.101. The zero-order valence-corrected chi connectivity index (χ0v) is 8.16. The van der Waals surface area contributed by atoms with Crippen LogP contribution in [-0.4, -0.2) is 24.3 Å². The van der Waals surface area contributed by atoms with Crippen LogP contribution in [0.25, 0.3) is 0 Å². The lowest BCUT2D eigenvalue weighted by Gasteiger charge is -2.11. The molecule has 1 heterocycles. The van der Waals surface area contributed by atoms with Crippen LogP contribution >= 0.6 is 0 Å². The molecule has 3 atom stereocenters. The van der Waals surface area contributed by atoms with Crippen LogP contribution in [0, 0.1) is 0 Å². The molecule has 3 nitrogen and oxygen atoms in total. The highest BCUT2D eigenvalue weighted by Crippen LogP contribution is 2.31. The largest absolute Gasteiger partial charge is 0.456 e. The second-order valence-corrected chi connectivity index (χ2v) is 3.14. The normalized spacial score (nSPS) is 27.8. The van der Waals surface area contributed by atoms with Crippen molar-refractivity contribution in [3.8, 4) is 0 Å². The van der Waals surface area contributed by atoms with E-state index in [1.165, 1.54) is 6.08 Å². The molecule has 0 aromatic rings. The quantitative estimate of drug-likeness (QED) is 0.370. The number of esters is 1. The van der Waals surface area contributed by atoms with Gasteiger partial charge in [0.05, 0.1) is 6.10 Å². The first-order valence-corrected chi connectivity index (χ1v) is 4.71. The monoisotopic (exact) mass is 184 g/mol. The van der Waals surface area contributed by atoms with Crippen molar-refractivity contribution in [2.45, 2.75) is 45.0 Å². The van der Waals surface area contributed by atoms with Crippen LogP contribution in [0.3, 0.4) is 0 Å². The van der Waals surface area contributed by atoms with Gasteiger partial charge in [0.25, 0.3) is 0 Å². The molecule has 0 aliphatic carbocycles. The van der Waals surface area contributed by atoms with Gasteiger partial charge in [0.2, 0.25) is 0 Å². The summed E-state index contributed by atoms with van der Waals surface area (Å²) in [6.45, 7) is 7.40. The molecule has 74 valence electrons. The average molecular weight is 184 g/mol. The van der Waals surface area contributed by atoms with Gasteiger partial charge < -0.3 is 9.47 Å². The number of epoxide rings is 1. The maximum atomic E-state index is 10.9. The predicted molar refractivity (Wildman–Crippen MR) is 49.3 cm³/mol. The summed E-state index contributed by atoms with van der Waals surface area (Å²) in [6, 6.07) is 0. The molecule has 0 bridgehead atoms. The lowest BCUT2D eigenvalue weighted by molar-refractivity contribution is -0.144. The molecule has 0 amide bonds. The molecule has 0 radical (unpaired) electrons. The van der Waals surface area contributed by atoms with E-state index >= 15 is 0 Å². The molecule has 0 aromatic heterocycles. The summed E-state index contributed by atoms with van der Waals surface area (Å²) in [5.41, 5.74) is 0. The van der Waals surface area contributed by atoms with Crippen LogP contribution in [0.4, 0.5) is 0 Å². The summed E-state index contributed by atoms with van der Waals surface area (Å²) in [5.74, 6) is -0.364. The molecular formula is C10H16O3. The van der Waals surface area contributed by atoms with E-state index in [0.29, 0.717) is 0 Å². The summed E-state index contributed by atoms with van der Waals surface area (Å²) in [4.78, 5) is 10.9. The van der Waals surface area contributed by atoms with Crippen molar-refractivity contribution in [1.82, 2.24) is 0 Å². The summed E-state index contributed by atoms with van der Waals surface area (Å²) >= 11 is 0. The Hall–Kier alpha value is -0.830. The van der Waals surface area contributed by atoms with E-state index in [-0.39, 0.29) is 24.3 Å². The van der Waals surface area contributed by atoms with Gasteiger partial charge in [-0.05, 0) is 12.8 Å². The van der Waals surface area contributed by atoms with Gasteiger partial charge in [0.15, 0.2) is 0 Å². The zero-order valence-electron chi connectivity index (χ0n) is 8.16. The fourth-order valence-corrected chi connectivity index (χ4v) is 1.39. The fourth-order valence-electron chi connectivity index (χ4n) is 1.39. The molecule has 0 spiro atoms. The molecule has 1 saturated heterocycles. The first kappa shape index (κ1) is 10.3. The minimum atomic E-state index is -0.364. The first-order chi connectivity index (χ1) is 6.22. The Kier molecular flexibility index (Phi) is 3.48. The van der Waals surface area contributed by atoms with Gasteiger partial charge in [-0.25, -0.2) is 4.79 Å². The Labute approximate surface area is 78.7 Å².